The van der Waals surface area contributed by atoms with Crippen molar-refractivity contribution in [3.05, 3.63) is 90.0 Å². The van der Waals surface area contributed by atoms with Crippen LogP contribution in [0.1, 0.15) is 28.9 Å². The maximum absolute atomic E-state index is 9.71. The normalized spacial score (nSPS) is 17.3. The Bertz CT molecular complexity index is 1020. The molecule has 0 saturated carbocycles. The molecule has 0 aliphatic carbocycles. The molecule has 2 unspecified atom stereocenters. The molecule has 3 aromatic rings. The molecule has 0 spiro atoms. The quantitative estimate of drug-likeness (QED) is 0.558. The minimum atomic E-state index is -0.434. The lowest BCUT2D eigenvalue weighted by Crippen LogP contribution is -2.26. The number of methoxy groups -OCH3 is 2. The van der Waals surface area contributed by atoms with Gasteiger partial charge >= 0.3 is 0 Å². The highest BCUT2D eigenvalue weighted by atomic mass is 16.6. The third-order valence-corrected chi connectivity index (χ3v) is 5.09. The van der Waals surface area contributed by atoms with Crippen molar-refractivity contribution in [3.63, 3.8) is 0 Å². The Morgan fingerprint density at radius 3 is 2.10 bits per heavy atom. The molecule has 1 aliphatic rings. The highest BCUT2D eigenvalue weighted by Gasteiger charge is 2.35. The zero-order chi connectivity index (χ0) is 21.1. The summed E-state index contributed by atoms with van der Waals surface area (Å²) in [5, 5.41) is 9.71. The molecular weight excluding hydrogens is 380 g/mol. The third-order valence-electron chi connectivity index (χ3n) is 5.09. The Kier molecular flexibility index (Phi) is 5.53. The zero-order valence-electron chi connectivity index (χ0n) is 17.0. The topological polar surface area (TPSA) is 57.2 Å². The van der Waals surface area contributed by atoms with E-state index in [0.717, 1.165) is 23.1 Å². The minimum Gasteiger partial charge on any atom is -0.508 e. The van der Waals surface area contributed by atoms with Crippen LogP contribution in [0, 0.1) is 0 Å². The van der Waals surface area contributed by atoms with Gasteiger partial charge in [0.2, 0.25) is 0 Å². The predicted molar refractivity (Wildman–Crippen MR) is 115 cm³/mol. The van der Waals surface area contributed by atoms with Crippen molar-refractivity contribution in [2.45, 2.75) is 18.6 Å². The summed E-state index contributed by atoms with van der Waals surface area (Å²) in [6, 6.07) is 18.5. The van der Waals surface area contributed by atoms with Crippen LogP contribution in [0.2, 0.25) is 0 Å². The molecule has 3 aromatic carbocycles. The Labute approximate surface area is 176 Å². The van der Waals surface area contributed by atoms with E-state index in [-0.39, 0.29) is 5.75 Å². The first kappa shape index (κ1) is 19.7. The first-order chi connectivity index (χ1) is 14.6. The summed E-state index contributed by atoms with van der Waals surface area (Å²) in [5.74, 6) is 2.89. The van der Waals surface area contributed by atoms with Crippen LogP contribution in [-0.2, 0) is 6.42 Å². The Hall–Kier alpha value is -3.60. The second kappa shape index (κ2) is 8.41. The molecule has 0 radical (unpaired) electrons. The second-order valence-electron chi connectivity index (χ2n) is 7.09. The Morgan fingerprint density at radius 1 is 0.833 bits per heavy atom. The van der Waals surface area contributed by atoms with Gasteiger partial charge in [-0.15, -0.1) is 6.58 Å². The van der Waals surface area contributed by atoms with Gasteiger partial charge < -0.3 is 24.1 Å². The van der Waals surface area contributed by atoms with Crippen LogP contribution in [0.3, 0.4) is 0 Å². The first-order valence-electron chi connectivity index (χ1n) is 9.70. The van der Waals surface area contributed by atoms with E-state index in [1.54, 1.807) is 26.4 Å². The number of hydrogen-bond donors (Lipinski definition) is 1. The van der Waals surface area contributed by atoms with Crippen molar-refractivity contribution >= 4 is 0 Å². The molecule has 1 N–H and O–H groups in total. The van der Waals surface area contributed by atoms with Crippen LogP contribution < -0.4 is 18.9 Å². The molecule has 2 atom stereocenters. The average molecular weight is 404 g/mol. The number of phenolic OH excluding ortho intramolecular Hbond substituents is 1. The number of fused-ring (bicyclic) bond motifs is 1. The summed E-state index contributed by atoms with van der Waals surface area (Å²) in [6.07, 6.45) is 1.75. The van der Waals surface area contributed by atoms with Crippen molar-refractivity contribution in [1.82, 2.24) is 0 Å². The Balaban J connectivity index is 1.80. The van der Waals surface area contributed by atoms with Gasteiger partial charge in [0.1, 0.15) is 17.2 Å². The molecule has 1 heterocycles. The number of allylic oxidation sites excluding steroid dienone is 1. The fourth-order valence-electron chi connectivity index (χ4n) is 3.58. The summed E-state index contributed by atoms with van der Waals surface area (Å²) >= 11 is 0. The van der Waals surface area contributed by atoms with Gasteiger partial charge in [0, 0.05) is 11.6 Å². The standard InChI is InChI=1S/C25H24O5/c1-4-5-16-6-11-22-23(12-16)30-24(17-7-9-19(26)10-8-17)25(29-22)18-13-20(27-2)15-21(14-18)28-3/h4,6-15,24-26H,1,5H2,2-3H3. The van der Waals surface area contributed by atoms with E-state index in [2.05, 4.69) is 6.58 Å². The van der Waals surface area contributed by atoms with Crippen LogP contribution in [-0.4, -0.2) is 19.3 Å². The van der Waals surface area contributed by atoms with Gasteiger partial charge in [-0.1, -0.05) is 24.3 Å². The van der Waals surface area contributed by atoms with Crippen LogP contribution in [0.25, 0.3) is 0 Å². The van der Waals surface area contributed by atoms with Crippen molar-refractivity contribution < 1.29 is 24.1 Å². The number of rotatable bonds is 6. The molecule has 0 fully saturated rings. The molecule has 30 heavy (non-hydrogen) atoms. The summed E-state index contributed by atoms with van der Waals surface area (Å²) < 4.78 is 23.7. The van der Waals surface area contributed by atoms with Crippen molar-refractivity contribution in [2.24, 2.45) is 0 Å². The lowest BCUT2D eigenvalue weighted by atomic mass is 9.96. The van der Waals surface area contributed by atoms with Crippen molar-refractivity contribution in [1.29, 1.82) is 0 Å². The number of ether oxygens (including phenoxy) is 4. The fourth-order valence-corrected chi connectivity index (χ4v) is 3.58. The first-order valence-corrected chi connectivity index (χ1v) is 9.70. The summed E-state index contributed by atoms with van der Waals surface area (Å²) in [5.41, 5.74) is 2.85. The summed E-state index contributed by atoms with van der Waals surface area (Å²) in [4.78, 5) is 0. The van der Waals surface area contributed by atoms with Gasteiger partial charge in [0.25, 0.3) is 0 Å². The van der Waals surface area contributed by atoms with Crippen LogP contribution in [0.15, 0.2) is 73.3 Å². The maximum atomic E-state index is 9.71. The molecule has 5 heteroatoms. The highest BCUT2D eigenvalue weighted by Crippen LogP contribution is 2.47. The molecule has 0 saturated heterocycles. The number of hydrogen-bond acceptors (Lipinski definition) is 5. The zero-order valence-corrected chi connectivity index (χ0v) is 17.0. The van der Waals surface area contributed by atoms with Gasteiger partial charge in [-0.25, -0.2) is 0 Å². The molecule has 0 aromatic heterocycles. The predicted octanol–water partition coefficient (Wildman–Crippen LogP) is 5.39. The van der Waals surface area contributed by atoms with E-state index in [4.69, 9.17) is 18.9 Å². The van der Waals surface area contributed by atoms with E-state index >= 15 is 0 Å². The highest BCUT2D eigenvalue weighted by molar-refractivity contribution is 5.48. The average Bonchev–Trinajstić information content (AvgIpc) is 2.78. The van der Waals surface area contributed by atoms with E-state index < -0.39 is 12.2 Å². The smallest absolute Gasteiger partial charge is 0.165 e. The second-order valence-corrected chi connectivity index (χ2v) is 7.09. The van der Waals surface area contributed by atoms with Crippen molar-refractivity contribution in [3.8, 4) is 28.7 Å². The van der Waals surface area contributed by atoms with Gasteiger partial charge in [0.15, 0.2) is 23.7 Å². The summed E-state index contributed by atoms with van der Waals surface area (Å²) in [6.45, 7) is 3.80. The van der Waals surface area contributed by atoms with Gasteiger partial charge in [-0.3, -0.25) is 0 Å². The number of benzene rings is 3. The van der Waals surface area contributed by atoms with Crippen LogP contribution in [0.4, 0.5) is 0 Å². The van der Waals surface area contributed by atoms with Gasteiger partial charge in [-0.05, 0) is 53.9 Å². The number of aromatic hydroxyl groups is 1. The monoisotopic (exact) mass is 404 g/mol. The largest absolute Gasteiger partial charge is 0.508 e. The van der Waals surface area contributed by atoms with Crippen LogP contribution in [0.5, 0.6) is 28.7 Å². The molecular formula is C25H24O5. The molecule has 0 bridgehead atoms. The van der Waals surface area contributed by atoms with Crippen LogP contribution >= 0.6 is 0 Å². The van der Waals surface area contributed by atoms with E-state index in [1.807, 2.05) is 54.6 Å². The van der Waals surface area contributed by atoms with Gasteiger partial charge in [0.05, 0.1) is 14.2 Å². The van der Waals surface area contributed by atoms with Crippen molar-refractivity contribution in [2.75, 3.05) is 14.2 Å². The number of phenols is 1. The van der Waals surface area contributed by atoms with E-state index in [1.165, 1.54) is 0 Å². The SMILES string of the molecule is C=CCc1ccc2c(c1)OC(c1ccc(O)cc1)C(c1cc(OC)cc(OC)c1)O2. The molecule has 1 aliphatic heterocycles. The summed E-state index contributed by atoms with van der Waals surface area (Å²) in [7, 11) is 3.23. The molecule has 5 nitrogen and oxygen atoms in total. The molecule has 4 rings (SSSR count). The minimum absolute atomic E-state index is 0.198. The molecule has 0 amide bonds. The Morgan fingerprint density at radius 2 is 1.47 bits per heavy atom. The maximum Gasteiger partial charge on any atom is 0.165 e. The lowest BCUT2D eigenvalue weighted by molar-refractivity contribution is 0.0180. The third kappa shape index (κ3) is 3.92. The fraction of sp³-hybridized carbons (Fsp3) is 0.200. The van der Waals surface area contributed by atoms with Gasteiger partial charge in [-0.2, -0.15) is 0 Å². The van der Waals surface area contributed by atoms with E-state index in [0.29, 0.717) is 23.0 Å². The molecule has 154 valence electrons. The lowest BCUT2D eigenvalue weighted by Gasteiger charge is -2.35. The van der Waals surface area contributed by atoms with E-state index in [9.17, 15) is 5.11 Å².